The van der Waals surface area contributed by atoms with Crippen LogP contribution in [0.2, 0.25) is 0 Å². The lowest BCUT2D eigenvalue weighted by atomic mass is 9.46. The standard InChI is InChI=1S/C22H34O3/c1-8-14(2)9-11-17-15(3)10-12-19-21(5,6)20(24)18(25-16(4)23)13-22(17,19)7/h8-9,17-20,24H,1,3,10-13H2,2,4-7H3/b14-9-/t17-,18+,19-,20-,22+/m1/s1. The summed E-state index contributed by atoms with van der Waals surface area (Å²) in [6.07, 6.45) is 6.66. The van der Waals surface area contributed by atoms with E-state index in [1.807, 2.05) is 6.08 Å². The maximum absolute atomic E-state index is 11.6. The highest BCUT2D eigenvalue weighted by molar-refractivity contribution is 5.66. The van der Waals surface area contributed by atoms with Gasteiger partial charge in [0.25, 0.3) is 0 Å². The largest absolute Gasteiger partial charge is 0.460 e. The summed E-state index contributed by atoms with van der Waals surface area (Å²) >= 11 is 0. The Morgan fingerprint density at radius 2 is 2.00 bits per heavy atom. The summed E-state index contributed by atoms with van der Waals surface area (Å²) in [4.78, 5) is 11.6. The number of ether oxygens (including phenoxy) is 1. The van der Waals surface area contributed by atoms with E-state index >= 15 is 0 Å². The molecule has 2 fully saturated rings. The maximum Gasteiger partial charge on any atom is 0.302 e. The first kappa shape index (κ1) is 20.0. The van der Waals surface area contributed by atoms with Crippen molar-refractivity contribution >= 4 is 5.97 Å². The first-order chi connectivity index (χ1) is 11.5. The molecular weight excluding hydrogens is 312 g/mol. The van der Waals surface area contributed by atoms with Gasteiger partial charge in [0.05, 0.1) is 6.10 Å². The van der Waals surface area contributed by atoms with Crippen molar-refractivity contribution in [2.75, 3.05) is 0 Å². The molecule has 140 valence electrons. The molecule has 2 saturated carbocycles. The van der Waals surface area contributed by atoms with Crippen molar-refractivity contribution in [3.05, 3.63) is 36.5 Å². The minimum absolute atomic E-state index is 0.0455. The Balaban J connectivity index is 2.41. The van der Waals surface area contributed by atoms with E-state index in [4.69, 9.17) is 4.74 Å². The van der Waals surface area contributed by atoms with E-state index in [0.717, 1.165) is 19.3 Å². The molecule has 5 atom stereocenters. The molecule has 3 heteroatoms. The molecule has 3 nitrogen and oxygen atoms in total. The van der Waals surface area contributed by atoms with Crippen molar-refractivity contribution in [2.24, 2.45) is 22.7 Å². The molecule has 0 amide bonds. The number of aliphatic hydroxyl groups is 1. The maximum atomic E-state index is 11.6. The number of fused-ring (bicyclic) bond motifs is 1. The van der Waals surface area contributed by atoms with Gasteiger partial charge in [0, 0.05) is 6.92 Å². The van der Waals surface area contributed by atoms with Crippen LogP contribution in [0.15, 0.2) is 36.5 Å². The molecule has 2 aliphatic carbocycles. The fourth-order valence-corrected chi connectivity index (χ4v) is 5.42. The fourth-order valence-electron chi connectivity index (χ4n) is 5.42. The Morgan fingerprint density at radius 1 is 1.36 bits per heavy atom. The second-order valence-electron chi connectivity index (χ2n) is 8.81. The van der Waals surface area contributed by atoms with Crippen LogP contribution in [-0.4, -0.2) is 23.3 Å². The topological polar surface area (TPSA) is 46.5 Å². The molecule has 0 aromatic rings. The second kappa shape index (κ2) is 7.11. The molecule has 0 bridgehead atoms. The van der Waals surface area contributed by atoms with Gasteiger partial charge in [-0.05, 0) is 55.3 Å². The number of aliphatic hydroxyl groups excluding tert-OH is 1. The summed E-state index contributed by atoms with van der Waals surface area (Å²) < 4.78 is 5.53. The van der Waals surface area contributed by atoms with Gasteiger partial charge in [-0.3, -0.25) is 4.79 Å². The van der Waals surface area contributed by atoms with Gasteiger partial charge in [0.15, 0.2) is 0 Å². The third-order valence-corrected chi connectivity index (χ3v) is 6.81. The fraction of sp³-hybridized carbons (Fsp3) is 0.682. The normalized spacial score (nSPS) is 38.0. The molecule has 0 unspecified atom stereocenters. The summed E-state index contributed by atoms with van der Waals surface area (Å²) in [7, 11) is 0. The average Bonchev–Trinajstić information content (AvgIpc) is 2.50. The first-order valence-electron chi connectivity index (χ1n) is 9.36. The van der Waals surface area contributed by atoms with Gasteiger partial charge < -0.3 is 9.84 Å². The van der Waals surface area contributed by atoms with Gasteiger partial charge in [0.2, 0.25) is 0 Å². The van der Waals surface area contributed by atoms with Gasteiger partial charge in [-0.1, -0.05) is 57.2 Å². The van der Waals surface area contributed by atoms with Crippen molar-refractivity contribution in [1.82, 2.24) is 0 Å². The Labute approximate surface area is 152 Å². The Kier molecular flexibility index (Phi) is 5.68. The zero-order chi connectivity index (χ0) is 19.0. The first-order valence-corrected chi connectivity index (χ1v) is 9.36. The van der Waals surface area contributed by atoms with Gasteiger partial charge in [-0.25, -0.2) is 0 Å². The van der Waals surface area contributed by atoms with Gasteiger partial charge in [0.1, 0.15) is 6.10 Å². The summed E-state index contributed by atoms with van der Waals surface area (Å²) in [6, 6.07) is 0. The summed E-state index contributed by atoms with van der Waals surface area (Å²) in [6.45, 7) is 18.2. The number of carbonyl (C=O) groups excluding carboxylic acids is 1. The number of hydrogen-bond donors (Lipinski definition) is 1. The van der Waals surface area contributed by atoms with Crippen LogP contribution in [0, 0.1) is 22.7 Å². The average molecular weight is 347 g/mol. The minimum atomic E-state index is -0.632. The molecule has 0 aliphatic heterocycles. The number of esters is 1. The molecule has 0 radical (unpaired) electrons. The molecule has 0 spiro atoms. The highest BCUT2D eigenvalue weighted by Crippen LogP contribution is 2.62. The summed E-state index contributed by atoms with van der Waals surface area (Å²) in [5.74, 6) is 0.371. The van der Waals surface area contributed by atoms with E-state index in [2.05, 4.69) is 46.9 Å². The van der Waals surface area contributed by atoms with Crippen LogP contribution in [0.1, 0.15) is 60.3 Å². The molecule has 2 rings (SSSR count). The van der Waals surface area contributed by atoms with Crippen LogP contribution in [0.25, 0.3) is 0 Å². The second-order valence-corrected chi connectivity index (χ2v) is 8.81. The van der Waals surface area contributed by atoms with Gasteiger partial charge in [-0.15, -0.1) is 0 Å². The third-order valence-electron chi connectivity index (χ3n) is 6.81. The van der Waals surface area contributed by atoms with Gasteiger partial charge >= 0.3 is 5.97 Å². The number of hydrogen-bond acceptors (Lipinski definition) is 3. The Bertz CT molecular complexity index is 586. The Hall–Kier alpha value is -1.35. The minimum Gasteiger partial charge on any atom is -0.460 e. The predicted octanol–water partition coefficient (Wildman–Crippen LogP) is 4.82. The molecule has 0 heterocycles. The number of allylic oxidation sites excluding steroid dienone is 4. The van der Waals surface area contributed by atoms with Crippen LogP contribution in [-0.2, 0) is 9.53 Å². The molecule has 1 N–H and O–H groups in total. The van der Waals surface area contributed by atoms with Crippen LogP contribution in [0.3, 0.4) is 0 Å². The van der Waals surface area contributed by atoms with Crippen molar-refractivity contribution < 1.29 is 14.6 Å². The Morgan fingerprint density at radius 3 is 2.56 bits per heavy atom. The SMILES string of the molecule is C=C/C(C)=C\C[C@@H]1C(=C)CC[C@@H]2C(C)(C)[C@H](O)[C@@H](OC(C)=O)C[C@@]12C. The molecule has 0 aromatic heterocycles. The summed E-state index contributed by atoms with van der Waals surface area (Å²) in [5, 5.41) is 10.9. The van der Waals surface area contributed by atoms with E-state index in [9.17, 15) is 9.90 Å². The monoisotopic (exact) mass is 346 g/mol. The predicted molar refractivity (Wildman–Crippen MR) is 102 cm³/mol. The van der Waals surface area contributed by atoms with E-state index in [0.29, 0.717) is 18.3 Å². The van der Waals surface area contributed by atoms with E-state index in [-0.39, 0.29) is 16.8 Å². The van der Waals surface area contributed by atoms with Crippen molar-refractivity contribution in [1.29, 1.82) is 0 Å². The lowest BCUT2D eigenvalue weighted by Crippen LogP contribution is -2.60. The zero-order valence-corrected chi connectivity index (χ0v) is 16.5. The van der Waals surface area contributed by atoms with E-state index < -0.39 is 12.2 Å². The molecule has 0 saturated heterocycles. The van der Waals surface area contributed by atoms with Crippen molar-refractivity contribution in [3.8, 4) is 0 Å². The van der Waals surface area contributed by atoms with Gasteiger partial charge in [-0.2, -0.15) is 0 Å². The highest BCUT2D eigenvalue weighted by atomic mass is 16.6. The summed E-state index contributed by atoms with van der Waals surface area (Å²) in [5.41, 5.74) is 2.10. The van der Waals surface area contributed by atoms with Crippen LogP contribution < -0.4 is 0 Å². The van der Waals surface area contributed by atoms with E-state index in [1.165, 1.54) is 18.1 Å². The van der Waals surface area contributed by atoms with E-state index in [1.54, 1.807) is 0 Å². The van der Waals surface area contributed by atoms with Crippen LogP contribution in [0.5, 0.6) is 0 Å². The van der Waals surface area contributed by atoms with Crippen molar-refractivity contribution in [3.63, 3.8) is 0 Å². The molecule has 25 heavy (non-hydrogen) atoms. The highest BCUT2D eigenvalue weighted by Gasteiger charge is 2.59. The van der Waals surface area contributed by atoms with Crippen LogP contribution >= 0.6 is 0 Å². The smallest absolute Gasteiger partial charge is 0.302 e. The number of carbonyl (C=O) groups is 1. The molecular formula is C22H34O3. The number of rotatable bonds is 4. The quantitative estimate of drug-likeness (QED) is 0.451. The zero-order valence-electron chi connectivity index (χ0n) is 16.5. The molecule has 2 aliphatic rings. The third kappa shape index (κ3) is 3.62. The van der Waals surface area contributed by atoms with Crippen molar-refractivity contribution in [2.45, 2.75) is 72.5 Å². The lowest BCUT2D eigenvalue weighted by molar-refractivity contribution is -0.199. The molecule has 0 aromatic carbocycles. The van der Waals surface area contributed by atoms with Crippen LogP contribution in [0.4, 0.5) is 0 Å². The lowest BCUT2D eigenvalue weighted by Gasteiger charge is -2.61.